The molecule has 0 fully saturated rings. The number of sulfonamides is 1. The summed E-state index contributed by atoms with van der Waals surface area (Å²) in [5.41, 5.74) is 4.03. The zero-order chi connectivity index (χ0) is 16.8. The predicted octanol–water partition coefficient (Wildman–Crippen LogP) is 2.74. The van der Waals surface area contributed by atoms with E-state index in [1.165, 1.54) is 6.26 Å². The number of benzene rings is 1. The fourth-order valence-electron chi connectivity index (χ4n) is 3.53. The van der Waals surface area contributed by atoms with E-state index in [0.717, 1.165) is 35.5 Å². The molecule has 0 aliphatic heterocycles. The summed E-state index contributed by atoms with van der Waals surface area (Å²) in [6, 6.07) is 9.77. The molecule has 1 heterocycles. The summed E-state index contributed by atoms with van der Waals surface area (Å²) < 4.78 is 28.3. The average Bonchev–Trinajstić information content (AvgIpc) is 2.73. The van der Waals surface area contributed by atoms with Crippen molar-refractivity contribution in [1.82, 2.24) is 14.5 Å². The van der Waals surface area contributed by atoms with Crippen molar-refractivity contribution in [2.24, 2.45) is 5.41 Å². The van der Waals surface area contributed by atoms with Crippen molar-refractivity contribution in [2.45, 2.75) is 39.7 Å². The largest absolute Gasteiger partial charge is 0.237 e. The predicted molar refractivity (Wildman–Crippen MR) is 91.1 cm³/mol. The number of hydrogen-bond donors (Lipinski definition) is 1. The molecule has 23 heavy (non-hydrogen) atoms. The van der Waals surface area contributed by atoms with E-state index in [0.29, 0.717) is 0 Å². The van der Waals surface area contributed by atoms with Crippen LogP contribution in [0.5, 0.6) is 0 Å². The number of rotatable bonds is 3. The molecule has 3 rings (SSSR count). The molecule has 1 aromatic carbocycles. The lowest BCUT2D eigenvalue weighted by molar-refractivity contribution is 0.268. The number of hydrogen-bond acceptors (Lipinski definition) is 3. The van der Waals surface area contributed by atoms with Gasteiger partial charge in [-0.25, -0.2) is 17.8 Å². The van der Waals surface area contributed by atoms with Crippen LogP contribution in [-0.4, -0.2) is 24.5 Å². The smallest absolute Gasteiger partial charge is 0.209 e. The molecule has 1 unspecified atom stereocenters. The summed E-state index contributed by atoms with van der Waals surface area (Å²) >= 11 is 0. The first-order valence-corrected chi connectivity index (χ1v) is 9.66. The van der Waals surface area contributed by atoms with Crippen molar-refractivity contribution in [3.8, 4) is 5.69 Å². The van der Waals surface area contributed by atoms with E-state index in [4.69, 9.17) is 5.10 Å². The number of para-hydroxylation sites is 1. The third-order valence-corrected chi connectivity index (χ3v) is 5.03. The van der Waals surface area contributed by atoms with E-state index >= 15 is 0 Å². The summed E-state index contributed by atoms with van der Waals surface area (Å²) in [5.74, 6) is 0. The second kappa shape index (κ2) is 5.46. The van der Waals surface area contributed by atoms with Crippen molar-refractivity contribution >= 4 is 10.0 Å². The minimum atomic E-state index is -3.28. The maximum atomic E-state index is 11.8. The molecule has 6 heteroatoms. The molecule has 5 nitrogen and oxygen atoms in total. The first-order chi connectivity index (χ1) is 10.7. The number of aryl methyl sites for hydroxylation is 1. The van der Waals surface area contributed by atoms with Crippen LogP contribution in [-0.2, 0) is 16.4 Å². The Morgan fingerprint density at radius 3 is 2.52 bits per heavy atom. The maximum absolute atomic E-state index is 11.8. The molecule has 0 bridgehead atoms. The quantitative estimate of drug-likeness (QED) is 0.939. The van der Waals surface area contributed by atoms with Gasteiger partial charge >= 0.3 is 0 Å². The SMILES string of the molecule is Cc1nn(-c2ccccc2)c2c1C(NS(C)(=O)=O)CC(C)(C)C2. The van der Waals surface area contributed by atoms with E-state index in [9.17, 15) is 8.42 Å². The van der Waals surface area contributed by atoms with Gasteiger partial charge < -0.3 is 0 Å². The van der Waals surface area contributed by atoms with Crippen LogP contribution in [0.15, 0.2) is 30.3 Å². The van der Waals surface area contributed by atoms with Crippen molar-refractivity contribution in [1.29, 1.82) is 0 Å². The van der Waals surface area contributed by atoms with Crippen molar-refractivity contribution < 1.29 is 8.42 Å². The lowest BCUT2D eigenvalue weighted by Gasteiger charge is -2.35. The highest BCUT2D eigenvalue weighted by molar-refractivity contribution is 7.88. The molecular weight excluding hydrogens is 310 g/mol. The van der Waals surface area contributed by atoms with E-state index in [2.05, 4.69) is 18.6 Å². The highest BCUT2D eigenvalue weighted by Gasteiger charge is 2.37. The Morgan fingerprint density at radius 2 is 1.91 bits per heavy atom. The standard InChI is InChI=1S/C17H23N3O2S/c1-12-16-14(19-23(4,21)22)10-17(2,3)11-15(16)20(18-12)13-8-6-5-7-9-13/h5-9,14,19H,10-11H2,1-4H3. The lowest BCUT2D eigenvalue weighted by Crippen LogP contribution is -2.36. The summed E-state index contributed by atoms with van der Waals surface area (Å²) in [4.78, 5) is 0. The molecule has 1 atom stereocenters. The molecule has 1 aromatic heterocycles. The number of fused-ring (bicyclic) bond motifs is 1. The normalized spacial score (nSPS) is 20.3. The molecule has 0 radical (unpaired) electrons. The molecule has 124 valence electrons. The molecule has 0 amide bonds. The zero-order valence-corrected chi connectivity index (χ0v) is 14.8. The van der Waals surface area contributed by atoms with Crippen LogP contribution in [0.4, 0.5) is 0 Å². The van der Waals surface area contributed by atoms with Gasteiger partial charge in [-0.3, -0.25) is 0 Å². The number of nitrogens with zero attached hydrogens (tertiary/aromatic N) is 2. The Hall–Kier alpha value is -1.66. The third kappa shape index (κ3) is 3.33. The fraction of sp³-hybridized carbons (Fsp3) is 0.471. The topological polar surface area (TPSA) is 64.0 Å². The van der Waals surface area contributed by atoms with Crippen LogP contribution in [0.1, 0.15) is 43.3 Å². The van der Waals surface area contributed by atoms with Crippen molar-refractivity contribution in [2.75, 3.05) is 6.26 Å². The Kier molecular flexibility index (Phi) is 3.84. The third-order valence-electron chi connectivity index (χ3n) is 4.31. The average molecular weight is 333 g/mol. The van der Waals surface area contributed by atoms with Crippen LogP contribution in [0, 0.1) is 12.3 Å². The molecule has 1 N–H and O–H groups in total. The first kappa shape index (κ1) is 16.2. The van der Waals surface area contributed by atoms with Crippen LogP contribution < -0.4 is 4.72 Å². The Balaban J connectivity index is 2.15. The van der Waals surface area contributed by atoms with Gasteiger partial charge in [0.1, 0.15) is 0 Å². The van der Waals surface area contributed by atoms with Crippen LogP contribution in [0.3, 0.4) is 0 Å². The highest BCUT2D eigenvalue weighted by atomic mass is 32.2. The molecular formula is C17H23N3O2S. The fourth-order valence-corrected chi connectivity index (χ4v) is 4.25. The highest BCUT2D eigenvalue weighted by Crippen LogP contribution is 2.42. The van der Waals surface area contributed by atoms with Crippen molar-refractivity contribution in [3.63, 3.8) is 0 Å². The molecule has 1 aliphatic carbocycles. The van der Waals surface area contributed by atoms with Gasteiger partial charge in [-0.05, 0) is 37.3 Å². The number of nitrogens with one attached hydrogen (secondary N) is 1. The Bertz CT molecular complexity index is 823. The van der Waals surface area contributed by atoms with Gasteiger partial charge in [0.25, 0.3) is 0 Å². The van der Waals surface area contributed by atoms with E-state index in [1.807, 2.05) is 41.9 Å². The van der Waals surface area contributed by atoms with Gasteiger partial charge in [-0.15, -0.1) is 0 Å². The molecule has 0 spiro atoms. The lowest BCUT2D eigenvalue weighted by atomic mass is 9.74. The van der Waals surface area contributed by atoms with Gasteiger partial charge in [0, 0.05) is 11.3 Å². The summed E-state index contributed by atoms with van der Waals surface area (Å²) in [6.07, 6.45) is 2.86. The van der Waals surface area contributed by atoms with Gasteiger partial charge in [-0.2, -0.15) is 5.10 Å². The second-order valence-corrected chi connectivity index (χ2v) is 8.96. The summed E-state index contributed by atoms with van der Waals surface area (Å²) in [6.45, 7) is 6.29. The molecule has 1 aliphatic rings. The summed E-state index contributed by atoms with van der Waals surface area (Å²) in [5, 5.41) is 4.69. The summed E-state index contributed by atoms with van der Waals surface area (Å²) in [7, 11) is -3.28. The van der Waals surface area contributed by atoms with Crippen LogP contribution >= 0.6 is 0 Å². The Labute approximate surface area is 137 Å². The van der Waals surface area contributed by atoms with Gasteiger partial charge in [-0.1, -0.05) is 32.0 Å². The first-order valence-electron chi connectivity index (χ1n) is 7.77. The van der Waals surface area contributed by atoms with Gasteiger partial charge in [0.15, 0.2) is 0 Å². The monoisotopic (exact) mass is 333 g/mol. The minimum absolute atomic E-state index is 0.00829. The Morgan fingerprint density at radius 1 is 1.26 bits per heavy atom. The molecule has 0 saturated carbocycles. The molecule has 2 aromatic rings. The second-order valence-electron chi connectivity index (χ2n) is 7.18. The minimum Gasteiger partial charge on any atom is -0.237 e. The zero-order valence-electron chi connectivity index (χ0n) is 14.0. The van der Waals surface area contributed by atoms with Gasteiger partial charge in [0.05, 0.1) is 23.7 Å². The number of aromatic nitrogens is 2. The van der Waals surface area contributed by atoms with E-state index in [-0.39, 0.29) is 11.5 Å². The van der Waals surface area contributed by atoms with E-state index < -0.39 is 10.0 Å². The van der Waals surface area contributed by atoms with Crippen LogP contribution in [0.2, 0.25) is 0 Å². The maximum Gasteiger partial charge on any atom is 0.209 e. The van der Waals surface area contributed by atoms with Gasteiger partial charge in [0.2, 0.25) is 10.0 Å². The van der Waals surface area contributed by atoms with E-state index in [1.54, 1.807) is 0 Å². The molecule has 0 saturated heterocycles. The van der Waals surface area contributed by atoms with Crippen molar-refractivity contribution in [3.05, 3.63) is 47.3 Å². The van der Waals surface area contributed by atoms with Crippen LogP contribution in [0.25, 0.3) is 5.69 Å².